The fourth-order valence-electron chi connectivity index (χ4n) is 2.26. The molecule has 0 aliphatic carbocycles. The summed E-state index contributed by atoms with van der Waals surface area (Å²) in [5.74, 6) is 0.107. The number of pyridine rings is 1. The molecule has 1 unspecified atom stereocenters. The molecular weight excluding hydrogens is 298 g/mol. The molecule has 2 rings (SSSR count). The highest BCUT2D eigenvalue weighted by Crippen LogP contribution is 2.25. The van der Waals surface area contributed by atoms with E-state index in [4.69, 9.17) is 4.74 Å². The molecule has 2 heterocycles. The Balaban J connectivity index is 1.84. The number of thioether (sulfide) groups is 1. The number of ether oxygens (including phenoxy) is 1. The molecule has 1 atom stereocenters. The molecule has 22 heavy (non-hydrogen) atoms. The highest BCUT2D eigenvalue weighted by Gasteiger charge is 2.21. The summed E-state index contributed by atoms with van der Waals surface area (Å²) in [6, 6.07) is 5.81. The van der Waals surface area contributed by atoms with Crippen LogP contribution in [0.2, 0.25) is 0 Å². The van der Waals surface area contributed by atoms with Crippen LogP contribution in [-0.4, -0.2) is 54.0 Å². The van der Waals surface area contributed by atoms with Crippen LogP contribution in [0.4, 0.5) is 0 Å². The molecule has 1 N–H and O–H groups in total. The second-order valence-electron chi connectivity index (χ2n) is 5.35. The number of hydrogen-bond acceptors (Lipinski definition) is 5. The van der Waals surface area contributed by atoms with Gasteiger partial charge in [0.15, 0.2) is 0 Å². The lowest BCUT2D eigenvalue weighted by Gasteiger charge is -2.27. The van der Waals surface area contributed by atoms with E-state index in [1.807, 2.05) is 18.2 Å². The minimum absolute atomic E-state index is 0.0732. The third kappa shape index (κ3) is 5.94. The van der Waals surface area contributed by atoms with Crippen LogP contribution in [0.5, 0.6) is 0 Å². The lowest BCUT2D eigenvalue weighted by Crippen LogP contribution is -2.45. The zero-order chi connectivity index (χ0) is 15.6. The third-order valence-corrected chi connectivity index (χ3v) is 4.81. The first-order valence-electron chi connectivity index (χ1n) is 7.95. The van der Waals surface area contributed by atoms with Gasteiger partial charge in [-0.1, -0.05) is 37.6 Å². The van der Waals surface area contributed by atoms with Gasteiger partial charge in [-0.2, -0.15) is 0 Å². The summed E-state index contributed by atoms with van der Waals surface area (Å²) in [6.45, 7) is 6.01. The van der Waals surface area contributed by atoms with Crippen molar-refractivity contribution in [3.05, 3.63) is 24.4 Å². The zero-order valence-corrected chi connectivity index (χ0v) is 14.0. The second kappa shape index (κ2) is 9.82. The van der Waals surface area contributed by atoms with E-state index in [1.54, 1.807) is 18.0 Å². The topological polar surface area (TPSA) is 54.5 Å². The number of morpholine rings is 1. The lowest BCUT2D eigenvalue weighted by atomic mass is 10.2. The molecule has 1 fully saturated rings. The Morgan fingerprint density at radius 2 is 2.27 bits per heavy atom. The molecule has 122 valence electrons. The van der Waals surface area contributed by atoms with Crippen molar-refractivity contribution in [1.82, 2.24) is 15.2 Å². The summed E-state index contributed by atoms with van der Waals surface area (Å²) >= 11 is 1.56. The molecular formula is C16H25N3O2S. The summed E-state index contributed by atoms with van der Waals surface area (Å²) in [5, 5.41) is 3.90. The Bertz CT molecular complexity index is 438. The Labute approximate surface area is 136 Å². The number of nitrogens with zero attached hydrogens (tertiary/aromatic N) is 2. The van der Waals surface area contributed by atoms with Gasteiger partial charge in [0.2, 0.25) is 5.91 Å². The van der Waals surface area contributed by atoms with Crippen molar-refractivity contribution < 1.29 is 9.53 Å². The van der Waals surface area contributed by atoms with Gasteiger partial charge in [0.05, 0.1) is 30.2 Å². The molecule has 0 bridgehead atoms. The van der Waals surface area contributed by atoms with Crippen molar-refractivity contribution >= 4 is 17.7 Å². The Morgan fingerprint density at radius 1 is 1.45 bits per heavy atom. The number of carbonyl (C=O) groups is 1. The van der Waals surface area contributed by atoms with Gasteiger partial charge in [0.25, 0.3) is 0 Å². The van der Waals surface area contributed by atoms with Crippen molar-refractivity contribution in [3.63, 3.8) is 0 Å². The number of carbonyl (C=O) groups excluding carboxylic acids is 1. The predicted octanol–water partition coefficient (Wildman–Crippen LogP) is 2.14. The predicted molar refractivity (Wildman–Crippen MR) is 88.8 cm³/mol. The van der Waals surface area contributed by atoms with Crippen molar-refractivity contribution in [2.75, 3.05) is 33.0 Å². The minimum Gasteiger partial charge on any atom is -0.379 e. The SMILES string of the molecule is CCCCC(Sc1ccccn1)C(=O)NCN1CCOCC1. The minimum atomic E-state index is -0.0732. The van der Waals surface area contributed by atoms with Crippen LogP contribution in [0.1, 0.15) is 26.2 Å². The Morgan fingerprint density at radius 3 is 2.95 bits per heavy atom. The van der Waals surface area contributed by atoms with E-state index in [0.717, 1.165) is 50.6 Å². The molecule has 5 nitrogen and oxygen atoms in total. The van der Waals surface area contributed by atoms with E-state index in [2.05, 4.69) is 22.1 Å². The Kier molecular flexibility index (Phi) is 7.70. The van der Waals surface area contributed by atoms with Gasteiger partial charge < -0.3 is 10.1 Å². The molecule has 0 spiro atoms. The second-order valence-corrected chi connectivity index (χ2v) is 6.57. The van der Waals surface area contributed by atoms with Crippen LogP contribution in [0.15, 0.2) is 29.4 Å². The van der Waals surface area contributed by atoms with E-state index in [9.17, 15) is 4.79 Å². The standard InChI is InChI=1S/C16H25N3O2S/c1-2-3-6-14(22-15-7-4-5-8-17-15)16(20)18-13-19-9-11-21-12-10-19/h4-5,7-8,14H,2-3,6,9-13H2,1H3,(H,18,20). The fraction of sp³-hybridized carbons (Fsp3) is 0.625. The summed E-state index contributed by atoms with van der Waals surface area (Å²) in [6.07, 6.45) is 4.79. The van der Waals surface area contributed by atoms with Crippen LogP contribution in [0.25, 0.3) is 0 Å². The molecule has 1 aromatic heterocycles. The van der Waals surface area contributed by atoms with E-state index >= 15 is 0 Å². The van der Waals surface area contributed by atoms with E-state index in [1.165, 1.54) is 0 Å². The van der Waals surface area contributed by atoms with Crippen LogP contribution < -0.4 is 5.32 Å². The van der Waals surface area contributed by atoms with Gasteiger partial charge in [-0.05, 0) is 18.6 Å². The van der Waals surface area contributed by atoms with Gasteiger partial charge in [0, 0.05) is 19.3 Å². The average Bonchev–Trinajstić information content (AvgIpc) is 2.58. The molecule has 0 aromatic carbocycles. The van der Waals surface area contributed by atoms with Crippen LogP contribution in [0, 0.1) is 0 Å². The highest BCUT2D eigenvalue weighted by molar-refractivity contribution is 8.00. The number of aromatic nitrogens is 1. The van der Waals surface area contributed by atoms with Gasteiger partial charge in [0.1, 0.15) is 0 Å². The van der Waals surface area contributed by atoms with Crippen molar-refractivity contribution in [2.24, 2.45) is 0 Å². The highest BCUT2D eigenvalue weighted by atomic mass is 32.2. The van der Waals surface area contributed by atoms with Crippen molar-refractivity contribution in [2.45, 2.75) is 36.5 Å². The van der Waals surface area contributed by atoms with E-state index in [-0.39, 0.29) is 11.2 Å². The maximum atomic E-state index is 12.5. The average molecular weight is 323 g/mol. The van der Waals surface area contributed by atoms with Gasteiger partial charge in [-0.15, -0.1) is 0 Å². The molecule has 0 saturated carbocycles. The summed E-state index contributed by atoms with van der Waals surface area (Å²) in [5.41, 5.74) is 0. The van der Waals surface area contributed by atoms with E-state index in [0.29, 0.717) is 6.67 Å². The largest absolute Gasteiger partial charge is 0.379 e. The van der Waals surface area contributed by atoms with Gasteiger partial charge >= 0.3 is 0 Å². The quantitative estimate of drug-likeness (QED) is 0.743. The maximum Gasteiger partial charge on any atom is 0.234 e. The summed E-state index contributed by atoms with van der Waals surface area (Å²) in [4.78, 5) is 19.0. The fourth-order valence-corrected chi connectivity index (χ4v) is 3.30. The number of nitrogens with one attached hydrogen (secondary N) is 1. The van der Waals surface area contributed by atoms with Gasteiger partial charge in [-0.25, -0.2) is 4.98 Å². The van der Waals surface area contributed by atoms with Gasteiger partial charge in [-0.3, -0.25) is 9.69 Å². The van der Waals surface area contributed by atoms with Crippen molar-refractivity contribution in [1.29, 1.82) is 0 Å². The molecule has 1 aromatic rings. The third-order valence-electron chi connectivity index (χ3n) is 3.59. The lowest BCUT2D eigenvalue weighted by molar-refractivity contribution is -0.121. The number of rotatable bonds is 8. The first kappa shape index (κ1) is 17.2. The molecule has 1 aliphatic heterocycles. The number of amides is 1. The van der Waals surface area contributed by atoms with Crippen LogP contribution in [-0.2, 0) is 9.53 Å². The Hall–Kier alpha value is -1.11. The molecule has 1 aliphatic rings. The molecule has 1 saturated heterocycles. The molecule has 0 radical (unpaired) electrons. The van der Waals surface area contributed by atoms with Crippen LogP contribution in [0.3, 0.4) is 0 Å². The zero-order valence-electron chi connectivity index (χ0n) is 13.2. The first-order valence-corrected chi connectivity index (χ1v) is 8.83. The summed E-state index contributed by atoms with van der Waals surface area (Å²) < 4.78 is 5.32. The normalized spacial score (nSPS) is 17.1. The van der Waals surface area contributed by atoms with Crippen LogP contribution >= 0.6 is 11.8 Å². The van der Waals surface area contributed by atoms with E-state index < -0.39 is 0 Å². The molecule has 6 heteroatoms. The number of unbranched alkanes of at least 4 members (excludes halogenated alkanes) is 1. The molecule has 1 amide bonds. The maximum absolute atomic E-state index is 12.5. The first-order chi connectivity index (χ1) is 10.8. The smallest absolute Gasteiger partial charge is 0.234 e. The van der Waals surface area contributed by atoms with Crippen molar-refractivity contribution in [3.8, 4) is 0 Å². The summed E-state index contributed by atoms with van der Waals surface area (Å²) in [7, 11) is 0. The number of hydrogen-bond donors (Lipinski definition) is 1. The monoisotopic (exact) mass is 323 g/mol.